The minimum absolute atomic E-state index is 0.0488. The van der Waals surface area contributed by atoms with E-state index in [-0.39, 0.29) is 11.5 Å². The van der Waals surface area contributed by atoms with Gasteiger partial charge in [-0.1, -0.05) is 44.2 Å². The van der Waals surface area contributed by atoms with Crippen LogP contribution in [0.4, 0.5) is 0 Å². The maximum atomic E-state index is 9.26. The van der Waals surface area contributed by atoms with E-state index in [9.17, 15) is 5.26 Å². The fourth-order valence-electron chi connectivity index (χ4n) is 2.44. The lowest BCUT2D eigenvalue weighted by Crippen LogP contribution is -2.34. The minimum atomic E-state index is 0.0488. The predicted octanol–water partition coefficient (Wildman–Crippen LogP) is 2.81. The molecule has 0 saturated carbocycles. The van der Waals surface area contributed by atoms with Gasteiger partial charge in [-0.15, -0.1) is 0 Å². The second kappa shape index (κ2) is 4.27. The van der Waals surface area contributed by atoms with Crippen LogP contribution in [0, 0.1) is 16.7 Å². The Kier molecular flexibility index (Phi) is 2.98. The Morgan fingerprint density at radius 3 is 2.69 bits per heavy atom. The van der Waals surface area contributed by atoms with Gasteiger partial charge in [0, 0.05) is 13.1 Å². The van der Waals surface area contributed by atoms with E-state index in [0.29, 0.717) is 0 Å². The van der Waals surface area contributed by atoms with Gasteiger partial charge in [-0.3, -0.25) is 4.90 Å². The van der Waals surface area contributed by atoms with Crippen LogP contribution in [0.3, 0.4) is 0 Å². The number of rotatable bonds is 2. The summed E-state index contributed by atoms with van der Waals surface area (Å²) >= 11 is 0. The maximum absolute atomic E-state index is 9.26. The highest BCUT2D eigenvalue weighted by molar-refractivity contribution is 5.16. The fourth-order valence-corrected chi connectivity index (χ4v) is 2.44. The summed E-state index contributed by atoms with van der Waals surface area (Å²) in [6.45, 7) is 6.29. The van der Waals surface area contributed by atoms with Crippen molar-refractivity contribution in [2.75, 3.05) is 6.54 Å². The van der Waals surface area contributed by atoms with Crippen LogP contribution in [0.5, 0.6) is 0 Å². The number of nitriles is 1. The van der Waals surface area contributed by atoms with Crippen LogP contribution in [0.25, 0.3) is 0 Å². The minimum Gasteiger partial charge on any atom is -0.283 e. The monoisotopic (exact) mass is 214 g/mol. The lowest BCUT2D eigenvalue weighted by atomic mass is 9.85. The van der Waals surface area contributed by atoms with E-state index in [4.69, 9.17) is 0 Å². The van der Waals surface area contributed by atoms with Crippen molar-refractivity contribution in [3.05, 3.63) is 35.9 Å². The smallest absolute Gasteiger partial charge is 0.103 e. The molecule has 1 atom stereocenters. The average Bonchev–Trinajstić information content (AvgIpc) is 2.55. The number of hydrogen-bond acceptors (Lipinski definition) is 2. The molecule has 16 heavy (non-hydrogen) atoms. The fraction of sp³-hybridized carbons (Fsp3) is 0.500. The van der Waals surface area contributed by atoms with Crippen LogP contribution in [-0.4, -0.2) is 17.5 Å². The topological polar surface area (TPSA) is 27.0 Å². The van der Waals surface area contributed by atoms with Gasteiger partial charge >= 0.3 is 0 Å². The van der Waals surface area contributed by atoms with E-state index in [1.165, 1.54) is 5.56 Å². The standard InChI is InChI=1S/C14H18N2/c1-14(2)8-9-16(13(14)10-15)11-12-6-4-3-5-7-12/h3-7,13H,8-9,11H2,1-2H3. The van der Waals surface area contributed by atoms with Crippen LogP contribution < -0.4 is 0 Å². The molecule has 1 aliphatic rings. The molecule has 2 heteroatoms. The van der Waals surface area contributed by atoms with Gasteiger partial charge in [0.15, 0.2) is 0 Å². The largest absolute Gasteiger partial charge is 0.283 e. The quantitative estimate of drug-likeness (QED) is 0.757. The molecular formula is C14H18N2. The SMILES string of the molecule is CC1(C)CCN(Cc2ccccc2)C1C#N. The van der Waals surface area contributed by atoms with Gasteiger partial charge in [-0.25, -0.2) is 0 Å². The summed E-state index contributed by atoms with van der Waals surface area (Å²) in [4.78, 5) is 2.29. The van der Waals surface area contributed by atoms with Crippen molar-refractivity contribution in [1.82, 2.24) is 4.90 Å². The van der Waals surface area contributed by atoms with Gasteiger partial charge in [-0.2, -0.15) is 5.26 Å². The molecule has 0 aromatic heterocycles. The summed E-state index contributed by atoms with van der Waals surface area (Å²) in [5.41, 5.74) is 1.42. The Hall–Kier alpha value is -1.33. The molecule has 0 aliphatic carbocycles. The lowest BCUT2D eigenvalue weighted by Gasteiger charge is -2.26. The normalized spacial score (nSPS) is 24.2. The Bertz CT molecular complexity index is 389. The average molecular weight is 214 g/mol. The summed E-state index contributed by atoms with van der Waals surface area (Å²) in [7, 11) is 0. The molecule has 0 bridgehead atoms. The molecule has 1 aromatic carbocycles. The molecule has 1 aromatic rings. The first-order chi connectivity index (χ1) is 7.63. The van der Waals surface area contributed by atoms with E-state index >= 15 is 0 Å². The van der Waals surface area contributed by atoms with Gasteiger partial charge in [0.1, 0.15) is 6.04 Å². The zero-order chi connectivity index (χ0) is 11.6. The summed E-state index contributed by atoms with van der Waals surface area (Å²) in [5.74, 6) is 0. The van der Waals surface area contributed by atoms with Crippen LogP contribution >= 0.6 is 0 Å². The highest BCUT2D eigenvalue weighted by Crippen LogP contribution is 2.36. The summed E-state index contributed by atoms with van der Waals surface area (Å²) in [5, 5.41) is 9.26. The third kappa shape index (κ3) is 2.10. The van der Waals surface area contributed by atoms with Gasteiger partial charge in [-0.05, 0) is 17.4 Å². The second-order valence-corrected chi connectivity index (χ2v) is 5.23. The number of benzene rings is 1. The van der Waals surface area contributed by atoms with Crippen molar-refractivity contribution in [2.45, 2.75) is 32.9 Å². The molecule has 2 rings (SSSR count). The first-order valence-electron chi connectivity index (χ1n) is 5.81. The van der Waals surface area contributed by atoms with E-state index in [1.807, 2.05) is 6.07 Å². The number of likely N-dealkylation sites (tertiary alicyclic amines) is 1. The van der Waals surface area contributed by atoms with Gasteiger partial charge in [0.25, 0.3) is 0 Å². The number of hydrogen-bond donors (Lipinski definition) is 0. The first-order valence-corrected chi connectivity index (χ1v) is 5.81. The van der Waals surface area contributed by atoms with E-state index in [0.717, 1.165) is 19.5 Å². The highest BCUT2D eigenvalue weighted by Gasteiger charge is 2.40. The van der Waals surface area contributed by atoms with Crippen molar-refractivity contribution in [3.8, 4) is 6.07 Å². The Morgan fingerprint density at radius 1 is 1.38 bits per heavy atom. The second-order valence-electron chi connectivity index (χ2n) is 5.23. The van der Waals surface area contributed by atoms with Crippen molar-refractivity contribution in [3.63, 3.8) is 0 Å². The molecule has 1 saturated heterocycles. The molecular weight excluding hydrogens is 196 g/mol. The molecule has 1 fully saturated rings. The van der Waals surface area contributed by atoms with E-state index in [1.54, 1.807) is 0 Å². The summed E-state index contributed by atoms with van der Waals surface area (Å²) in [6, 6.07) is 12.9. The van der Waals surface area contributed by atoms with Gasteiger partial charge in [0.2, 0.25) is 0 Å². The predicted molar refractivity (Wildman–Crippen MR) is 64.7 cm³/mol. The summed E-state index contributed by atoms with van der Waals surface area (Å²) in [6.07, 6.45) is 1.11. The van der Waals surface area contributed by atoms with Crippen molar-refractivity contribution >= 4 is 0 Å². The molecule has 1 aliphatic heterocycles. The van der Waals surface area contributed by atoms with Crippen LogP contribution in [0.2, 0.25) is 0 Å². The zero-order valence-corrected chi connectivity index (χ0v) is 9.98. The zero-order valence-electron chi connectivity index (χ0n) is 9.98. The van der Waals surface area contributed by atoms with Crippen molar-refractivity contribution in [1.29, 1.82) is 5.26 Å². The molecule has 0 N–H and O–H groups in total. The first kappa shape index (κ1) is 11.2. The van der Waals surface area contributed by atoms with Gasteiger partial charge in [0.05, 0.1) is 6.07 Å². The maximum Gasteiger partial charge on any atom is 0.103 e. The van der Waals surface area contributed by atoms with E-state index in [2.05, 4.69) is 49.1 Å². The molecule has 2 nitrogen and oxygen atoms in total. The molecule has 1 unspecified atom stereocenters. The molecule has 1 heterocycles. The molecule has 0 spiro atoms. The summed E-state index contributed by atoms with van der Waals surface area (Å²) < 4.78 is 0. The van der Waals surface area contributed by atoms with Crippen LogP contribution in [0.1, 0.15) is 25.8 Å². The van der Waals surface area contributed by atoms with E-state index < -0.39 is 0 Å². The Balaban J connectivity index is 2.10. The number of nitrogens with zero attached hydrogens (tertiary/aromatic N) is 2. The highest BCUT2D eigenvalue weighted by atomic mass is 15.2. The van der Waals surface area contributed by atoms with Gasteiger partial charge < -0.3 is 0 Å². The Morgan fingerprint density at radius 2 is 2.06 bits per heavy atom. The van der Waals surface area contributed by atoms with Crippen LogP contribution in [-0.2, 0) is 6.54 Å². The van der Waals surface area contributed by atoms with Crippen molar-refractivity contribution in [2.24, 2.45) is 5.41 Å². The third-order valence-corrected chi connectivity index (χ3v) is 3.50. The molecule has 84 valence electrons. The van der Waals surface area contributed by atoms with Crippen molar-refractivity contribution < 1.29 is 0 Å². The lowest BCUT2D eigenvalue weighted by molar-refractivity contribution is 0.223. The van der Waals surface area contributed by atoms with Crippen LogP contribution in [0.15, 0.2) is 30.3 Å². The molecule has 0 radical (unpaired) electrons. The third-order valence-electron chi connectivity index (χ3n) is 3.50. The molecule has 0 amide bonds. The Labute approximate surface area is 97.5 Å².